The first-order valence-corrected chi connectivity index (χ1v) is 11.6. The van der Waals surface area contributed by atoms with Crippen LogP contribution in [0.15, 0.2) is 36.4 Å². The fourth-order valence-electron chi connectivity index (χ4n) is 5.92. The Morgan fingerprint density at radius 2 is 1.58 bits per heavy atom. The van der Waals surface area contributed by atoms with E-state index in [1.807, 2.05) is 38.1 Å². The minimum Gasteiger partial charge on any atom is -0.375 e. The van der Waals surface area contributed by atoms with Gasteiger partial charge in [-0.15, -0.1) is 0 Å². The van der Waals surface area contributed by atoms with Crippen molar-refractivity contribution in [1.82, 2.24) is 5.32 Å². The molecule has 3 aliphatic rings. The zero-order chi connectivity index (χ0) is 21.8. The Labute approximate surface area is 188 Å². The minimum absolute atomic E-state index is 0.0378. The largest absolute Gasteiger partial charge is 0.375 e. The van der Waals surface area contributed by atoms with Crippen LogP contribution >= 0.6 is 11.6 Å². The number of rotatable bonds is 2. The highest BCUT2D eigenvalue weighted by Crippen LogP contribution is 2.47. The zero-order valence-electron chi connectivity index (χ0n) is 18.1. The van der Waals surface area contributed by atoms with Gasteiger partial charge in [0, 0.05) is 11.6 Å². The molecule has 2 spiro atoms. The van der Waals surface area contributed by atoms with E-state index in [0.29, 0.717) is 17.9 Å². The summed E-state index contributed by atoms with van der Waals surface area (Å²) in [7, 11) is 0. The number of Topliss-reactive ketones (excluding diaryl/α,β-unsaturated/α-hetero) is 1. The standard InChI is InChI=1S/C26H28ClNO3/c1-16-14-19(18-4-6-20(27)7-5-18)15-17(2)21(16)22-23(29)26(28-24(22)30)11-9-25(10-12-26)8-3-13-31-25/h4-7,14-15,22H,3,8-13H2,1-2H3,(H,28,30). The van der Waals surface area contributed by atoms with E-state index >= 15 is 0 Å². The van der Waals surface area contributed by atoms with Gasteiger partial charge in [0.1, 0.15) is 5.92 Å². The molecule has 0 radical (unpaired) electrons. The van der Waals surface area contributed by atoms with Crippen molar-refractivity contribution in [3.63, 3.8) is 0 Å². The number of ketones is 1. The number of aryl methyl sites for hydroxylation is 2. The molecule has 1 saturated carbocycles. The molecule has 2 aliphatic heterocycles. The number of benzene rings is 2. The van der Waals surface area contributed by atoms with Gasteiger partial charge in [0.2, 0.25) is 5.91 Å². The predicted molar refractivity (Wildman–Crippen MR) is 121 cm³/mol. The maximum Gasteiger partial charge on any atom is 0.235 e. The van der Waals surface area contributed by atoms with Gasteiger partial charge in [-0.05, 0) is 92.3 Å². The summed E-state index contributed by atoms with van der Waals surface area (Å²) in [5, 5.41) is 3.82. The molecular formula is C26H28ClNO3. The number of ether oxygens (including phenoxy) is 1. The highest BCUT2D eigenvalue weighted by atomic mass is 35.5. The third-order valence-corrected chi connectivity index (χ3v) is 7.87. The van der Waals surface area contributed by atoms with E-state index in [9.17, 15) is 9.59 Å². The van der Waals surface area contributed by atoms with Gasteiger partial charge in [-0.1, -0.05) is 35.9 Å². The molecule has 1 atom stereocenters. The quantitative estimate of drug-likeness (QED) is 0.651. The van der Waals surface area contributed by atoms with Crippen molar-refractivity contribution in [2.75, 3.05) is 6.61 Å². The lowest BCUT2D eigenvalue weighted by Crippen LogP contribution is -2.52. The summed E-state index contributed by atoms with van der Waals surface area (Å²) in [5.74, 6) is -0.840. The van der Waals surface area contributed by atoms with Crippen molar-refractivity contribution in [3.8, 4) is 11.1 Å². The Kier molecular flexibility index (Phi) is 4.98. The monoisotopic (exact) mass is 437 g/mol. The molecule has 1 N–H and O–H groups in total. The van der Waals surface area contributed by atoms with Crippen molar-refractivity contribution >= 4 is 23.3 Å². The first kappa shape index (κ1) is 20.7. The lowest BCUT2D eigenvalue weighted by Gasteiger charge is -2.41. The van der Waals surface area contributed by atoms with E-state index in [1.165, 1.54) is 0 Å². The topological polar surface area (TPSA) is 55.4 Å². The van der Waals surface area contributed by atoms with Crippen molar-refractivity contribution in [2.24, 2.45) is 0 Å². The molecule has 1 aliphatic carbocycles. The number of halogens is 1. The first-order chi connectivity index (χ1) is 14.8. The SMILES string of the molecule is Cc1cc(-c2ccc(Cl)cc2)cc(C)c1C1C(=O)NC2(CCC3(CCCO3)CC2)C1=O. The normalized spacial score (nSPS) is 30.4. The number of hydrogen-bond acceptors (Lipinski definition) is 3. The smallest absolute Gasteiger partial charge is 0.235 e. The molecule has 31 heavy (non-hydrogen) atoms. The Balaban J connectivity index is 1.44. The molecule has 162 valence electrons. The Bertz CT molecular complexity index is 1020. The molecule has 2 saturated heterocycles. The summed E-state index contributed by atoms with van der Waals surface area (Å²) < 4.78 is 6.03. The summed E-state index contributed by atoms with van der Waals surface area (Å²) in [5.41, 5.74) is 4.13. The predicted octanol–water partition coefficient (Wildman–Crippen LogP) is 5.27. The highest BCUT2D eigenvalue weighted by Gasteiger charge is 2.57. The van der Waals surface area contributed by atoms with E-state index in [2.05, 4.69) is 17.4 Å². The van der Waals surface area contributed by atoms with Crippen molar-refractivity contribution in [3.05, 3.63) is 58.1 Å². The van der Waals surface area contributed by atoms with Crippen LogP contribution in [0.5, 0.6) is 0 Å². The van der Waals surface area contributed by atoms with Crippen LogP contribution in [0.2, 0.25) is 5.02 Å². The second kappa shape index (κ2) is 7.46. The van der Waals surface area contributed by atoms with E-state index < -0.39 is 11.5 Å². The molecule has 0 aromatic heterocycles. The van der Waals surface area contributed by atoms with Gasteiger partial charge in [0.05, 0.1) is 11.1 Å². The molecule has 2 aromatic rings. The summed E-state index contributed by atoms with van der Waals surface area (Å²) >= 11 is 6.03. The summed E-state index contributed by atoms with van der Waals surface area (Å²) in [4.78, 5) is 26.7. The lowest BCUT2D eigenvalue weighted by molar-refractivity contribution is -0.127. The average molecular weight is 438 g/mol. The van der Waals surface area contributed by atoms with Gasteiger partial charge < -0.3 is 10.1 Å². The van der Waals surface area contributed by atoms with Gasteiger partial charge in [-0.2, -0.15) is 0 Å². The molecule has 2 aromatic carbocycles. The van der Waals surface area contributed by atoms with Crippen LogP contribution in [0.3, 0.4) is 0 Å². The molecule has 2 heterocycles. The van der Waals surface area contributed by atoms with Crippen LogP contribution in [-0.4, -0.2) is 29.4 Å². The van der Waals surface area contributed by atoms with Crippen LogP contribution < -0.4 is 5.32 Å². The van der Waals surface area contributed by atoms with Crippen LogP contribution in [0.1, 0.15) is 61.1 Å². The number of carbonyl (C=O) groups excluding carboxylic acids is 2. The molecule has 5 rings (SSSR count). The molecule has 4 nitrogen and oxygen atoms in total. The van der Waals surface area contributed by atoms with Crippen LogP contribution in [0.25, 0.3) is 11.1 Å². The van der Waals surface area contributed by atoms with E-state index in [4.69, 9.17) is 16.3 Å². The van der Waals surface area contributed by atoms with Crippen LogP contribution in [-0.2, 0) is 14.3 Å². The molecule has 1 unspecified atom stereocenters. The van der Waals surface area contributed by atoms with Gasteiger partial charge >= 0.3 is 0 Å². The van der Waals surface area contributed by atoms with Gasteiger partial charge in [0.15, 0.2) is 5.78 Å². The van der Waals surface area contributed by atoms with Gasteiger partial charge in [-0.3, -0.25) is 9.59 Å². The molecule has 0 bridgehead atoms. The fraction of sp³-hybridized carbons (Fsp3) is 0.462. The van der Waals surface area contributed by atoms with E-state index in [-0.39, 0.29) is 17.3 Å². The van der Waals surface area contributed by atoms with Crippen LogP contribution in [0, 0.1) is 13.8 Å². The molecule has 1 amide bonds. The number of nitrogens with one attached hydrogen (secondary N) is 1. The number of hydrogen-bond donors (Lipinski definition) is 1. The number of carbonyl (C=O) groups is 2. The van der Waals surface area contributed by atoms with Crippen molar-refractivity contribution in [2.45, 2.75) is 69.4 Å². The Hall–Kier alpha value is -2.17. The van der Waals surface area contributed by atoms with E-state index in [1.54, 1.807) is 0 Å². The number of amides is 1. The Morgan fingerprint density at radius 1 is 0.935 bits per heavy atom. The fourth-order valence-corrected chi connectivity index (χ4v) is 6.05. The lowest BCUT2D eigenvalue weighted by atomic mass is 9.70. The highest BCUT2D eigenvalue weighted by molar-refractivity contribution is 6.30. The second-order valence-electron chi connectivity index (χ2n) is 9.53. The average Bonchev–Trinajstić information content (AvgIpc) is 3.29. The third-order valence-electron chi connectivity index (χ3n) is 7.62. The zero-order valence-corrected chi connectivity index (χ0v) is 18.8. The molecular weight excluding hydrogens is 410 g/mol. The van der Waals surface area contributed by atoms with E-state index in [0.717, 1.165) is 60.1 Å². The summed E-state index contributed by atoms with van der Waals surface area (Å²) in [6.07, 6.45) is 5.20. The third kappa shape index (κ3) is 3.41. The van der Waals surface area contributed by atoms with Crippen LogP contribution in [0.4, 0.5) is 0 Å². The van der Waals surface area contributed by atoms with Crippen molar-refractivity contribution < 1.29 is 14.3 Å². The molecule has 5 heteroatoms. The maximum atomic E-state index is 13.7. The Morgan fingerprint density at radius 3 is 2.16 bits per heavy atom. The molecule has 3 fully saturated rings. The summed E-state index contributed by atoms with van der Waals surface area (Å²) in [6, 6.07) is 11.9. The maximum absolute atomic E-state index is 13.7. The van der Waals surface area contributed by atoms with Crippen molar-refractivity contribution in [1.29, 1.82) is 0 Å². The minimum atomic E-state index is -0.729. The second-order valence-corrected chi connectivity index (χ2v) is 9.97. The first-order valence-electron chi connectivity index (χ1n) is 11.2. The van der Waals surface area contributed by atoms with Gasteiger partial charge in [0.25, 0.3) is 0 Å². The van der Waals surface area contributed by atoms with Gasteiger partial charge in [-0.25, -0.2) is 0 Å². The summed E-state index contributed by atoms with van der Waals surface area (Å²) in [6.45, 7) is 4.80.